The van der Waals surface area contributed by atoms with Gasteiger partial charge in [0.25, 0.3) is 0 Å². The molecule has 0 aliphatic heterocycles. The number of methoxy groups -OCH3 is 1. The summed E-state index contributed by atoms with van der Waals surface area (Å²) in [6.45, 7) is 1.40. The molecule has 2 nitrogen and oxygen atoms in total. The first kappa shape index (κ1) is 12.5. The maximum atomic E-state index is 5.96. The van der Waals surface area contributed by atoms with Crippen LogP contribution in [-0.2, 0) is 17.8 Å². The standard InChI is InChI=1S/C12H18ClNO/c1-15-9-11-5-6-12(13)8-10(11)4-2-3-7-14/h5-6,8H,2-4,7,9,14H2,1H3. The minimum atomic E-state index is 0.648. The normalized spacial score (nSPS) is 10.6. The summed E-state index contributed by atoms with van der Waals surface area (Å²) >= 11 is 5.96. The number of benzene rings is 1. The molecular formula is C12H18ClNO. The highest BCUT2D eigenvalue weighted by Gasteiger charge is 2.03. The zero-order valence-corrected chi connectivity index (χ0v) is 9.89. The Labute approximate surface area is 96.4 Å². The molecule has 0 saturated heterocycles. The topological polar surface area (TPSA) is 35.2 Å². The molecule has 84 valence electrons. The predicted molar refractivity (Wildman–Crippen MR) is 64.2 cm³/mol. The maximum Gasteiger partial charge on any atom is 0.0715 e. The van der Waals surface area contributed by atoms with Crippen LogP contribution >= 0.6 is 11.6 Å². The quantitative estimate of drug-likeness (QED) is 0.759. The molecule has 2 N–H and O–H groups in total. The van der Waals surface area contributed by atoms with Crippen molar-refractivity contribution in [1.29, 1.82) is 0 Å². The lowest BCUT2D eigenvalue weighted by atomic mass is 10.0. The van der Waals surface area contributed by atoms with Crippen LogP contribution in [0.4, 0.5) is 0 Å². The third kappa shape index (κ3) is 4.20. The third-order valence-corrected chi connectivity index (χ3v) is 2.60. The largest absolute Gasteiger partial charge is 0.380 e. The van der Waals surface area contributed by atoms with Crippen molar-refractivity contribution in [3.05, 3.63) is 34.3 Å². The third-order valence-electron chi connectivity index (χ3n) is 2.37. The van der Waals surface area contributed by atoms with Gasteiger partial charge in [-0.05, 0) is 49.1 Å². The van der Waals surface area contributed by atoms with Crippen LogP contribution < -0.4 is 5.73 Å². The van der Waals surface area contributed by atoms with Gasteiger partial charge < -0.3 is 10.5 Å². The molecule has 0 amide bonds. The molecule has 3 heteroatoms. The van der Waals surface area contributed by atoms with Gasteiger partial charge in [-0.1, -0.05) is 17.7 Å². The lowest BCUT2D eigenvalue weighted by Crippen LogP contribution is -2.01. The smallest absolute Gasteiger partial charge is 0.0715 e. The van der Waals surface area contributed by atoms with Crippen LogP contribution in [0, 0.1) is 0 Å². The fraction of sp³-hybridized carbons (Fsp3) is 0.500. The van der Waals surface area contributed by atoms with Gasteiger partial charge in [0.15, 0.2) is 0 Å². The van der Waals surface area contributed by atoms with Crippen LogP contribution in [0.5, 0.6) is 0 Å². The van der Waals surface area contributed by atoms with Gasteiger partial charge in [0.1, 0.15) is 0 Å². The second-order valence-corrected chi connectivity index (χ2v) is 4.03. The van der Waals surface area contributed by atoms with E-state index < -0.39 is 0 Å². The first-order valence-corrected chi connectivity index (χ1v) is 5.62. The molecule has 1 aromatic rings. The monoisotopic (exact) mass is 227 g/mol. The van der Waals surface area contributed by atoms with E-state index in [1.54, 1.807) is 7.11 Å². The number of unbranched alkanes of at least 4 members (excludes halogenated alkanes) is 1. The summed E-state index contributed by atoms with van der Waals surface area (Å²) in [6.07, 6.45) is 3.18. The van der Waals surface area contributed by atoms with E-state index in [-0.39, 0.29) is 0 Å². The van der Waals surface area contributed by atoms with E-state index in [0.29, 0.717) is 6.61 Å². The van der Waals surface area contributed by atoms with E-state index in [2.05, 4.69) is 0 Å². The van der Waals surface area contributed by atoms with Crippen molar-refractivity contribution < 1.29 is 4.74 Å². The van der Waals surface area contributed by atoms with Crippen molar-refractivity contribution in [1.82, 2.24) is 0 Å². The Hall–Kier alpha value is -0.570. The summed E-state index contributed by atoms with van der Waals surface area (Å²) in [5.74, 6) is 0. The van der Waals surface area contributed by atoms with Gasteiger partial charge in [-0.15, -0.1) is 0 Å². The molecule has 0 saturated carbocycles. The van der Waals surface area contributed by atoms with Crippen molar-refractivity contribution in [2.75, 3.05) is 13.7 Å². The Morgan fingerprint density at radius 1 is 1.27 bits per heavy atom. The zero-order valence-electron chi connectivity index (χ0n) is 9.13. The molecule has 0 aromatic heterocycles. The van der Waals surface area contributed by atoms with Crippen LogP contribution in [-0.4, -0.2) is 13.7 Å². The first-order chi connectivity index (χ1) is 7.27. The number of nitrogens with two attached hydrogens (primary N) is 1. The average molecular weight is 228 g/mol. The molecule has 0 aliphatic carbocycles. The highest BCUT2D eigenvalue weighted by Crippen LogP contribution is 2.18. The molecule has 15 heavy (non-hydrogen) atoms. The van der Waals surface area contributed by atoms with Gasteiger partial charge in [0, 0.05) is 12.1 Å². The summed E-state index contributed by atoms with van der Waals surface area (Å²) in [5.41, 5.74) is 7.97. The number of aryl methyl sites for hydroxylation is 1. The van der Waals surface area contributed by atoms with Crippen LogP contribution in [0.2, 0.25) is 5.02 Å². The molecule has 0 fully saturated rings. The minimum absolute atomic E-state index is 0.648. The van der Waals surface area contributed by atoms with Gasteiger partial charge in [0.05, 0.1) is 6.61 Å². The van der Waals surface area contributed by atoms with Crippen molar-refractivity contribution >= 4 is 11.6 Å². The minimum Gasteiger partial charge on any atom is -0.380 e. The number of halogens is 1. The maximum absolute atomic E-state index is 5.96. The summed E-state index contributed by atoms with van der Waals surface area (Å²) < 4.78 is 5.15. The number of hydrogen-bond acceptors (Lipinski definition) is 2. The Balaban J connectivity index is 2.68. The number of ether oxygens (including phenoxy) is 1. The molecule has 0 unspecified atom stereocenters. The molecule has 1 aromatic carbocycles. The van der Waals surface area contributed by atoms with E-state index in [1.807, 2.05) is 18.2 Å². The lowest BCUT2D eigenvalue weighted by molar-refractivity contribution is 0.184. The Morgan fingerprint density at radius 3 is 2.73 bits per heavy atom. The second-order valence-electron chi connectivity index (χ2n) is 3.59. The molecule has 0 atom stereocenters. The molecular weight excluding hydrogens is 210 g/mol. The van der Waals surface area contributed by atoms with Gasteiger partial charge in [0.2, 0.25) is 0 Å². The fourth-order valence-electron chi connectivity index (χ4n) is 1.58. The molecule has 0 radical (unpaired) electrons. The molecule has 0 aliphatic rings. The molecule has 0 spiro atoms. The Morgan fingerprint density at radius 2 is 2.07 bits per heavy atom. The van der Waals surface area contributed by atoms with Gasteiger partial charge in [-0.3, -0.25) is 0 Å². The molecule has 0 bridgehead atoms. The van der Waals surface area contributed by atoms with Crippen LogP contribution in [0.25, 0.3) is 0 Å². The van der Waals surface area contributed by atoms with Crippen molar-refractivity contribution in [3.63, 3.8) is 0 Å². The van der Waals surface area contributed by atoms with Gasteiger partial charge >= 0.3 is 0 Å². The van der Waals surface area contributed by atoms with Crippen molar-refractivity contribution in [2.24, 2.45) is 5.73 Å². The van der Waals surface area contributed by atoms with Crippen molar-refractivity contribution in [2.45, 2.75) is 25.9 Å². The van der Waals surface area contributed by atoms with E-state index in [4.69, 9.17) is 22.1 Å². The Kier molecular flexibility index (Phi) is 5.69. The van der Waals surface area contributed by atoms with E-state index >= 15 is 0 Å². The molecule has 1 rings (SSSR count). The van der Waals surface area contributed by atoms with Crippen molar-refractivity contribution in [3.8, 4) is 0 Å². The van der Waals surface area contributed by atoms with Crippen LogP contribution in [0.15, 0.2) is 18.2 Å². The highest BCUT2D eigenvalue weighted by molar-refractivity contribution is 6.30. The van der Waals surface area contributed by atoms with E-state index in [9.17, 15) is 0 Å². The Bertz CT molecular complexity index is 302. The fourth-order valence-corrected chi connectivity index (χ4v) is 1.78. The van der Waals surface area contributed by atoms with Gasteiger partial charge in [-0.2, -0.15) is 0 Å². The zero-order chi connectivity index (χ0) is 11.1. The second kappa shape index (κ2) is 6.83. The number of rotatable bonds is 6. The summed E-state index contributed by atoms with van der Waals surface area (Å²) in [7, 11) is 1.71. The summed E-state index contributed by atoms with van der Waals surface area (Å²) in [5, 5.41) is 0.789. The van der Waals surface area contributed by atoms with Gasteiger partial charge in [-0.25, -0.2) is 0 Å². The first-order valence-electron chi connectivity index (χ1n) is 5.24. The van der Waals surface area contributed by atoms with E-state index in [1.165, 1.54) is 11.1 Å². The average Bonchev–Trinajstić information content (AvgIpc) is 2.22. The lowest BCUT2D eigenvalue weighted by Gasteiger charge is -2.09. The van der Waals surface area contributed by atoms with Crippen LogP contribution in [0.3, 0.4) is 0 Å². The van der Waals surface area contributed by atoms with E-state index in [0.717, 1.165) is 30.8 Å². The molecule has 0 heterocycles. The van der Waals surface area contributed by atoms with Crippen LogP contribution in [0.1, 0.15) is 24.0 Å². The predicted octanol–water partition coefficient (Wildman–Crippen LogP) is 2.77. The highest BCUT2D eigenvalue weighted by atomic mass is 35.5. The SMILES string of the molecule is COCc1ccc(Cl)cc1CCCCN. The number of hydrogen-bond donors (Lipinski definition) is 1. The summed E-state index contributed by atoms with van der Waals surface area (Å²) in [4.78, 5) is 0. The summed E-state index contributed by atoms with van der Waals surface area (Å²) in [6, 6.07) is 5.96.